The molecule has 0 fully saturated rings. The Morgan fingerprint density at radius 2 is 2.20 bits per heavy atom. The predicted molar refractivity (Wildman–Crippen MR) is 89.9 cm³/mol. The lowest BCUT2D eigenvalue weighted by molar-refractivity contribution is 0.0949. The molecule has 0 saturated heterocycles. The van der Waals surface area contributed by atoms with Crippen molar-refractivity contribution in [3.8, 4) is 5.82 Å². The quantitative estimate of drug-likeness (QED) is 0.517. The lowest BCUT2D eigenvalue weighted by atomic mass is 10.2. The van der Waals surface area contributed by atoms with Gasteiger partial charge in [0.25, 0.3) is 5.91 Å². The molecule has 0 saturated carbocycles. The number of rotatable bonds is 4. The fourth-order valence-electron chi connectivity index (χ4n) is 1.90. The minimum atomic E-state index is -0.569. The van der Waals surface area contributed by atoms with Crippen molar-refractivity contribution >= 4 is 41.1 Å². The molecule has 128 valence electrons. The number of nitrogens with one attached hydrogen (secondary N) is 1. The Bertz CT molecular complexity index is 965. The summed E-state index contributed by atoms with van der Waals surface area (Å²) in [6.45, 7) is 1.61. The highest BCUT2D eigenvalue weighted by Crippen LogP contribution is 2.19. The molecule has 3 aromatic rings. The van der Waals surface area contributed by atoms with Gasteiger partial charge in [-0.05, 0) is 29.4 Å². The number of hydrazone groups is 1. The predicted octanol–water partition coefficient (Wildman–Crippen LogP) is 1.61. The summed E-state index contributed by atoms with van der Waals surface area (Å²) >= 11 is 11.8. The van der Waals surface area contributed by atoms with Crippen LogP contribution in [0.1, 0.15) is 21.7 Å². The van der Waals surface area contributed by atoms with E-state index in [-0.39, 0.29) is 17.3 Å². The Kier molecular flexibility index (Phi) is 4.63. The van der Waals surface area contributed by atoms with E-state index in [4.69, 9.17) is 28.9 Å². The van der Waals surface area contributed by atoms with Crippen LogP contribution in [-0.2, 0) is 0 Å². The third-order valence-corrected chi connectivity index (χ3v) is 3.70. The van der Waals surface area contributed by atoms with Crippen molar-refractivity contribution in [2.45, 2.75) is 6.92 Å². The maximum absolute atomic E-state index is 12.2. The number of hydrogen-bond acceptors (Lipinski definition) is 8. The van der Waals surface area contributed by atoms with Crippen LogP contribution in [-0.4, -0.2) is 37.4 Å². The summed E-state index contributed by atoms with van der Waals surface area (Å²) in [5.41, 5.74) is 8.95. The van der Waals surface area contributed by atoms with Crippen molar-refractivity contribution in [3.63, 3.8) is 0 Å². The molecule has 1 aromatic carbocycles. The number of nitrogen functional groups attached to an aromatic ring is 1. The summed E-state index contributed by atoms with van der Waals surface area (Å²) < 4.78 is 5.73. The van der Waals surface area contributed by atoms with Crippen molar-refractivity contribution in [1.29, 1.82) is 0 Å². The van der Waals surface area contributed by atoms with E-state index in [1.54, 1.807) is 25.1 Å². The van der Waals surface area contributed by atoms with Gasteiger partial charge in [-0.1, -0.05) is 34.5 Å². The molecular formula is C13H10Cl2N8O2. The molecule has 12 heteroatoms. The highest BCUT2D eigenvalue weighted by Gasteiger charge is 2.20. The van der Waals surface area contributed by atoms with Gasteiger partial charge in [-0.15, -0.1) is 5.10 Å². The zero-order valence-corrected chi connectivity index (χ0v) is 14.2. The first-order valence-electron chi connectivity index (χ1n) is 6.76. The minimum Gasteiger partial charge on any atom is -0.378 e. The molecule has 0 aliphatic heterocycles. The second kappa shape index (κ2) is 6.87. The maximum Gasteiger partial charge on any atom is 0.293 e. The van der Waals surface area contributed by atoms with E-state index in [1.807, 2.05) is 0 Å². The van der Waals surface area contributed by atoms with Crippen LogP contribution < -0.4 is 11.2 Å². The molecule has 0 aliphatic carbocycles. The zero-order valence-electron chi connectivity index (χ0n) is 12.6. The van der Waals surface area contributed by atoms with Crippen LogP contribution in [0.3, 0.4) is 0 Å². The van der Waals surface area contributed by atoms with E-state index in [2.05, 4.69) is 35.8 Å². The molecule has 0 unspecified atom stereocenters. The molecule has 25 heavy (non-hydrogen) atoms. The smallest absolute Gasteiger partial charge is 0.293 e. The highest BCUT2D eigenvalue weighted by molar-refractivity contribution is 6.36. The summed E-state index contributed by atoms with van der Waals surface area (Å²) in [6, 6.07) is 4.89. The lowest BCUT2D eigenvalue weighted by Gasteiger charge is -2.00. The number of carbonyl (C=O) groups is 1. The second-order valence-corrected chi connectivity index (χ2v) is 5.62. The van der Waals surface area contributed by atoms with Gasteiger partial charge in [-0.25, -0.2) is 10.1 Å². The molecule has 3 rings (SSSR count). The molecule has 0 bridgehead atoms. The fraction of sp³-hybridized carbons (Fsp3) is 0.0769. The Morgan fingerprint density at radius 3 is 2.88 bits per heavy atom. The van der Waals surface area contributed by atoms with E-state index < -0.39 is 5.91 Å². The first-order valence-corrected chi connectivity index (χ1v) is 7.52. The summed E-state index contributed by atoms with van der Waals surface area (Å²) in [5, 5.41) is 19.4. The third kappa shape index (κ3) is 3.44. The van der Waals surface area contributed by atoms with Gasteiger partial charge in [0.1, 0.15) is 0 Å². The van der Waals surface area contributed by atoms with E-state index >= 15 is 0 Å². The number of halogens is 2. The van der Waals surface area contributed by atoms with Gasteiger partial charge in [0.2, 0.25) is 11.6 Å². The number of nitrogens with two attached hydrogens (primary N) is 1. The number of nitrogens with zero attached hydrogens (tertiary/aromatic N) is 6. The van der Waals surface area contributed by atoms with Crippen LogP contribution in [0.4, 0.5) is 5.82 Å². The Hall–Kier alpha value is -2.98. The molecular weight excluding hydrogens is 371 g/mol. The van der Waals surface area contributed by atoms with E-state index in [9.17, 15) is 4.79 Å². The van der Waals surface area contributed by atoms with Crippen LogP contribution in [0.5, 0.6) is 0 Å². The third-order valence-electron chi connectivity index (χ3n) is 3.14. The molecule has 0 aliphatic rings. The lowest BCUT2D eigenvalue weighted by Crippen LogP contribution is -2.19. The monoisotopic (exact) mass is 380 g/mol. The van der Waals surface area contributed by atoms with Crippen molar-refractivity contribution in [2.75, 3.05) is 5.73 Å². The van der Waals surface area contributed by atoms with Crippen LogP contribution in [0.15, 0.2) is 27.9 Å². The standard InChI is InChI=1S/C13H10Cl2N8O2/c1-6-10(18-22-23(6)12-11(16)20-25-21-12)13(24)19-17-5-7-2-3-8(14)4-9(7)15/h2-5H,1H3,(H2,16,20)(H,19,24)/b17-5+. The second-order valence-electron chi connectivity index (χ2n) is 4.77. The first-order chi connectivity index (χ1) is 12.0. The SMILES string of the molecule is Cc1c(C(=O)N/N=C/c2ccc(Cl)cc2Cl)nnn1-c1nonc1N. The van der Waals surface area contributed by atoms with Crippen LogP contribution in [0, 0.1) is 6.92 Å². The summed E-state index contributed by atoms with van der Waals surface area (Å²) in [4.78, 5) is 12.2. The van der Waals surface area contributed by atoms with Crippen LogP contribution in [0.25, 0.3) is 5.82 Å². The summed E-state index contributed by atoms with van der Waals surface area (Å²) in [6.07, 6.45) is 1.38. The fourth-order valence-corrected chi connectivity index (χ4v) is 2.35. The number of anilines is 1. The first kappa shape index (κ1) is 16.9. The zero-order chi connectivity index (χ0) is 18.0. The minimum absolute atomic E-state index is 0.0235. The van der Waals surface area contributed by atoms with Gasteiger partial charge >= 0.3 is 0 Å². The average molecular weight is 381 g/mol. The molecule has 0 spiro atoms. The van der Waals surface area contributed by atoms with Gasteiger partial charge in [0.05, 0.1) is 16.9 Å². The van der Waals surface area contributed by atoms with Gasteiger partial charge < -0.3 is 5.73 Å². The average Bonchev–Trinajstić information content (AvgIpc) is 3.15. The Morgan fingerprint density at radius 1 is 1.40 bits per heavy atom. The molecule has 0 atom stereocenters. The molecule has 1 amide bonds. The number of benzene rings is 1. The van der Waals surface area contributed by atoms with Crippen molar-refractivity contribution in [1.82, 2.24) is 30.7 Å². The van der Waals surface area contributed by atoms with E-state index in [0.717, 1.165) is 0 Å². The van der Waals surface area contributed by atoms with Crippen molar-refractivity contribution in [3.05, 3.63) is 45.2 Å². The molecule has 10 nitrogen and oxygen atoms in total. The van der Waals surface area contributed by atoms with Crippen molar-refractivity contribution in [2.24, 2.45) is 5.10 Å². The van der Waals surface area contributed by atoms with Crippen LogP contribution in [0.2, 0.25) is 10.0 Å². The summed E-state index contributed by atoms with van der Waals surface area (Å²) in [5.74, 6) is -0.407. The van der Waals surface area contributed by atoms with E-state index in [0.29, 0.717) is 21.3 Å². The molecule has 2 aromatic heterocycles. The highest BCUT2D eigenvalue weighted by atomic mass is 35.5. The largest absolute Gasteiger partial charge is 0.378 e. The Balaban J connectivity index is 1.75. The maximum atomic E-state index is 12.2. The normalized spacial score (nSPS) is 11.2. The van der Waals surface area contributed by atoms with Gasteiger partial charge in [0, 0.05) is 10.6 Å². The Labute approximate surface area is 150 Å². The molecule has 2 heterocycles. The van der Waals surface area contributed by atoms with Gasteiger partial charge in [-0.2, -0.15) is 9.78 Å². The molecule has 3 N–H and O–H groups in total. The number of carbonyl (C=O) groups excluding carboxylic acids is 1. The molecule has 0 radical (unpaired) electrons. The van der Waals surface area contributed by atoms with Crippen LogP contribution >= 0.6 is 23.2 Å². The number of hydrogen-bond donors (Lipinski definition) is 2. The van der Waals surface area contributed by atoms with E-state index in [1.165, 1.54) is 10.9 Å². The number of aromatic nitrogens is 5. The van der Waals surface area contributed by atoms with Gasteiger partial charge in [-0.3, -0.25) is 4.79 Å². The van der Waals surface area contributed by atoms with Crippen molar-refractivity contribution < 1.29 is 9.42 Å². The topological polar surface area (TPSA) is 137 Å². The number of amides is 1. The van der Waals surface area contributed by atoms with Gasteiger partial charge in [0.15, 0.2) is 5.69 Å². The summed E-state index contributed by atoms with van der Waals surface area (Å²) in [7, 11) is 0.